The molecule has 7 rings (SSSR count). The topological polar surface area (TPSA) is 61.4 Å². The van der Waals surface area contributed by atoms with E-state index in [0.717, 1.165) is 61.6 Å². The summed E-state index contributed by atoms with van der Waals surface area (Å²) < 4.78 is 22.2. The van der Waals surface area contributed by atoms with Gasteiger partial charge in [-0.2, -0.15) is 0 Å². The number of furan rings is 2. The summed E-state index contributed by atoms with van der Waals surface area (Å²) in [5.41, 5.74) is 5.22. The van der Waals surface area contributed by atoms with Crippen molar-refractivity contribution in [1.82, 2.24) is 4.57 Å². The molecular weight excluding hydrogens is 604 g/mol. The van der Waals surface area contributed by atoms with E-state index >= 15 is 0 Å². The van der Waals surface area contributed by atoms with Crippen LogP contribution in [0, 0.1) is 6.92 Å². The minimum atomic E-state index is 0. The number of fused-ring (bicyclic) bond motifs is 3. The van der Waals surface area contributed by atoms with E-state index < -0.39 is 0 Å². The van der Waals surface area contributed by atoms with Crippen LogP contribution >= 0.6 is 0 Å². The highest BCUT2D eigenvalue weighted by Crippen LogP contribution is 2.33. The molecule has 0 saturated carbocycles. The number of carbonyl (C=O) groups excluding carboxylic acids is 1. The Morgan fingerprint density at radius 3 is 2.00 bits per heavy atom. The molecule has 7 heteroatoms. The van der Waals surface area contributed by atoms with Crippen LogP contribution in [-0.4, -0.2) is 17.5 Å². The summed E-state index contributed by atoms with van der Waals surface area (Å²) in [5, 5.41) is 2.07. The van der Waals surface area contributed by atoms with Gasteiger partial charge in [0, 0.05) is 23.3 Å². The third kappa shape index (κ3) is 5.28. The lowest BCUT2D eigenvalue weighted by Crippen LogP contribution is -3.00. The largest absolute Gasteiger partial charge is 1.00 e. The number of imidazole rings is 1. The Hall–Kier alpha value is -4.88. The molecule has 0 amide bonds. The quantitative estimate of drug-likeness (QED) is 0.179. The van der Waals surface area contributed by atoms with Gasteiger partial charge in [0.1, 0.15) is 35.0 Å². The Morgan fingerprint density at radius 2 is 1.40 bits per heavy atom. The lowest BCUT2D eigenvalue weighted by atomic mass is 10.1. The van der Waals surface area contributed by atoms with Crippen molar-refractivity contribution in [1.29, 1.82) is 0 Å². The van der Waals surface area contributed by atoms with Crippen LogP contribution in [-0.2, 0) is 13.1 Å². The number of ketones is 1. The van der Waals surface area contributed by atoms with Gasteiger partial charge in [0.05, 0.1) is 12.7 Å². The molecule has 0 N–H and O–H groups in total. The summed E-state index contributed by atoms with van der Waals surface area (Å²) >= 11 is 0. The molecule has 0 atom stereocenters. The number of aromatic nitrogens is 2. The van der Waals surface area contributed by atoms with Crippen LogP contribution in [0.25, 0.3) is 38.5 Å². The maximum absolute atomic E-state index is 13.3. The number of methoxy groups -OCH3 is 1. The Bertz CT molecular complexity index is 1970. The van der Waals surface area contributed by atoms with Crippen LogP contribution in [0.15, 0.2) is 124 Å². The summed E-state index contributed by atoms with van der Waals surface area (Å²) in [7, 11) is 1.62. The lowest BCUT2D eigenvalue weighted by molar-refractivity contribution is -0.664. The second-order valence-corrected chi connectivity index (χ2v) is 10.3. The van der Waals surface area contributed by atoms with Crippen molar-refractivity contribution in [2.75, 3.05) is 7.11 Å². The van der Waals surface area contributed by atoms with Crippen LogP contribution in [0.3, 0.4) is 0 Å². The maximum Gasteiger partial charge on any atom is 0.254 e. The first-order valence-corrected chi connectivity index (χ1v) is 13.9. The van der Waals surface area contributed by atoms with Gasteiger partial charge in [-0.1, -0.05) is 48.5 Å². The zero-order chi connectivity index (χ0) is 28.6. The van der Waals surface area contributed by atoms with E-state index in [0.29, 0.717) is 12.1 Å². The fourth-order valence-electron chi connectivity index (χ4n) is 5.59. The smallest absolute Gasteiger partial charge is 0.254 e. The third-order valence-electron chi connectivity index (χ3n) is 7.82. The molecule has 7 aromatic rings. The number of allylic oxidation sites excluding steroid dienone is 1. The normalized spacial score (nSPS) is 11.1. The number of nitrogens with zero attached hydrogens (tertiary/aromatic N) is 2. The molecule has 0 bridgehead atoms. The van der Waals surface area contributed by atoms with Crippen molar-refractivity contribution >= 4 is 44.3 Å². The van der Waals surface area contributed by atoms with E-state index in [9.17, 15) is 4.79 Å². The van der Waals surface area contributed by atoms with E-state index in [-0.39, 0.29) is 29.3 Å². The molecule has 0 aliphatic carbocycles. The second-order valence-electron chi connectivity index (χ2n) is 10.3. The first-order valence-electron chi connectivity index (χ1n) is 13.9. The molecule has 0 radical (unpaired) electrons. The average molecular weight is 634 g/mol. The molecule has 3 aromatic heterocycles. The molecule has 214 valence electrons. The summed E-state index contributed by atoms with van der Waals surface area (Å²) in [4.78, 5) is 13.3. The molecule has 0 saturated heterocycles. The zero-order valence-electron chi connectivity index (χ0n) is 23.8. The number of para-hydroxylation sites is 4. The maximum atomic E-state index is 13.3. The van der Waals surface area contributed by atoms with Crippen LogP contribution in [0.1, 0.15) is 27.7 Å². The van der Waals surface area contributed by atoms with Gasteiger partial charge in [-0.25, -0.2) is 9.13 Å². The Morgan fingerprint density at radius 1 is 0.814 bits per heavy atom. The van der Waals surface area contributed by atoms with E-state index in [1.54, 1.807) is 7.11 Å². The van der Waals surface area contributed by atoms with Crippen molar-refractivity contribution in [2.45, 2.75) is 20.0 Å². The first-order chi connectivity index (χ1) is 20.6. The Labute approximate surface area is 259 Å². The van der Waals surface area contributed by atoms with Crippen LogP contribution < -0.4 is 26.3 Å². The van der Waals surface area contributed by atoms with Crippen molar-refractivity contribution < 1.29 is 39.9 Å². The van der Waals surface area contributed by atoms with Crippen LogP contribution in [0.2, 0.25) is 0 Å². The van der Waals surface area contributed by atoms with Gasteiger partial charge in [0.15, 0.2) is 17.6 Å². The van der Waals surface area contributed by atoms with Gasteiger partial charge in [-0.15, -0.1) is 0 Å². The molecule has 43 heavy (non-hydrogen) atoms. The average Bonchev–Trinajstić information content (AvgIpc) is 3.72. The molecule has 4 aromatic carbocycles. The van der Waals surface area contributed by atoms with Gasteiger partial charge in [0.2, 0.25) is 5.78 Å². The van der Waals surface area contributed by atoms with Crippen molar-refractivity contribution in [3.8, 4) is 5.75 Å². The van der Waals surface area contributed by atoms with Gasteiger partial charge < -0.3 is 30.6 Å². The van der Waals surface area contributed by atoms with Gasteiger partial charge >= 0.3 is 0 Å². The number of halogens is 1. The highest BCUT2D eigenvalue weighted by Gasteiger charge is 2.24. The number of benzene rings is 4. The predicted molar refractivity (Wildman–Crippen MR) is 164 cm³/mol. The zero-order valence-corrected chi connectivity index (χ0v) is 25.4. The summed E-state index contributed by atoms with van der Waals surface area (Å²) in [6.07, 6.45) is 2.14. The monoisotopic (exact) mass is 632 g/mol. The van der Waals surface area contributed by atoms with Gasteiger partial charge in [-0.05, 0) is 66.7 Å². The van der Waals surface area contributed by atoms with Crippen LogP contribution in [0.5, 0.6) is 5.75 Å². The van der Waals surface area contributed by atoms with Crippen molar-refractivity contribution in [3.63, 3.8) is 0 Å². The summed E-state index contributed by atoms with van der Waals surface area (Å²) in [6.45, 7) is 2.84. The highest BCUT2D eigenvalue weighted by molar-refractivity contribution is 5.95. The minimum Gasteiger partial charge on any atom is -1.00 e. The number of hydrogen-bond donors (Lipinski definition) is 0. The number of Topliss-reactive ketones (excluding diaryl/α,β-unsaturated/α-hetero) is 1. The number of carbonyl (C=O) groups is 1. The SMILES string of the molecule is COc1ccc(C(=O)C[n+]2c(C)n(CC=C(c3cc4ccccc4o3)c3cc4ccccc4o3)c3ccccc32)cc1.[Br-]. The second kappa shape index (κ2) is 11.8. The fraction of sp³-hybridized carbons (Fsp3) is 0.111. The van der Waals surface area contributed by atoms with Gasteiger partial charge in [-0.3, -0.25) is 4.79 Å². The van der Waals surface area contributed by atoms with Crippen molar-refractivity contribution in [2.24, 2.45) is 0 Å². The molecule has 6 nitrogen and oxygen atoms in total. The molecule has 3 heterocycles. The molecule has 0 spiro atoms. The molecular formula is C36H29BrN2O4. The Balaban J connectivity index is 0.00000329. The van der Waals surface area contributed by atoms with E-state index in [1.807, 2.05) is 84.9 Å². The number of hydrogen-bond acceptors (Lipinski definition) is 4. The molecule has 0 unspecified atom stereocenters. The molecule has 0 aliphatic rings. The van der Waals surface area contributed by atoms with Crippen molar-refractivity contribution in [3.05, 3.63) is 138 Å². The standard InChI is InChI=1S/C36H29N2O4.BrH/c1-24-37(30-11-5-6-12-31(30)38(24)23-32(39)25-15-17-28(40-2)18-16-25)20-19-29(35-21-26-9-3-7-13-33(26)41-35)36-22-27-10-4-8-14-34(27)42-36;/h3-19,21-22H,20,23H2,1-2H3;1H/q+1;/p-1. The molecule has 0 aliphatic heterocycles. The van der Waals surface area contributed by atoms with E-state index in [2.05, 4.69) is 46.4 Å². The lowest BCUT2D eigenvalue weighted by Gasteiger charge is -2.04. The number of rotatable bonds is 8. The molecule has 0 fully saturated rings. The highest BCUT2D eigenvalue weighted by atomic mass is 79.9. The first kappa shape index (κ1) is 28.2. The van der Waals surface area contributed by atoms with Crippen LogP contribution in [0.4, 0.5) is 0 Å². The number of ether oxygens (including phenoxy) is 1. The summed E-state index contributed by atoms with van der Waals surface area (Å²) in [6, 6.07) is 35.6. The summed E-state index contributed by atoms with van der Waals surface area (Å²) in [5.74, 6) is 3.22. The third-order valence-corrected chi connectivity index (χ3v) is 7.82. The predicted octanol–water partition coefficient (Wildman–Crippen LogP) is 4.76. The van der Waals surface area contributed by atoms with E-state index in [4.69, 9.17) is 13.6 Å². The fourth-order valence-corrected chi connectivity index (χ4v) is 5.59. The van der Waals surface area contributed by atoms with Gasteiger partial charge in [0.25, 0.3) is 5.82 Å². The Kier molecular flexibility index (Phi) is 7.74. The minimum absolute atomic E-state index is 0. The van der Waals surface area contributed by atoms with E-state index in [1.165, 1.54) is 0 Å².